The summed E-state index contributed by atoms with van der Waals surface area (Å²) in [4.78, 5) is 15.0. The summed E-state index contributed by atoms with van der Waals surface area (Å²) in [5, 5.41) is 8.80. The first-order valence-corrected chi connectivity index (χ1v) is 4.74. The molecule has 4 nitrogen and oxygen atoms in total. The molecule has 0 saturated carbocycles. The molecule has 2 heterocycles. The van der Waals surface area contributed by atoms with E-state index in [0.29, 0.717) is 0 Å². The van der Waals surface area contributed by atoms with Gasteiger partial charge >= 0.3 is 5.97 Å². The van der Waals surface area contributed by atoms with Gasteiger partial charge in [-0.3, -0.25) is 4.79 Å². The lowest BCUT2D eigenvalue weighted by Crippen LogP contribution is -2.04. The largest absolute Gasteiger partial charge is 0.481 e. The van der Waals surface area contributed by atoms with Crippen LogP contribution in [0.2, 0.25) is 0 Å². The number of pyridine rings is 1. The number of hydrogen-bond donors (Lipinski definition) is 1. The molecule has 5 heteroatoms. The van der Waals surface area contributed by atoms with E-state index in [-0.39, 0.29) is 18.8 Å². The number of aryl methyl sites for hydroxylation is 2. The van der Waals surface area contributed by atoms with Crippen molar-refractivity contribution in [1.29, 1.82) is 0 Å². The number of aliphatic carboxylic acids is 1. The van der Waals surface area contributed by atoms with Crippen LogP contribution in [-0.4, -0.2) is 20.5 Å². The Balaban J connectivity index is 0.00000128. The summed E-state index contributed by atoms with van der Waals surface area (Å²) in [6, 6.07) is 3.86. The molecule has 2 rings (SSSR count). The topological polar surface area (TPSA) is 54.6 Å². The van der Waals surface area contributed by atoms with E-state index in [1.165, 1.54) is 0 Å². The average molecular weight is 241 g/mol. The molecular formula is C11H13ClN2O2. The quantitative estimate of drug-likeness (QED) is 0.874. The third kappa shape index (κ3) is 2.17. The third-order valence-corrected chi connectivity index (χ3v) is 2.38. The number of nitrogens with zero attached hydrogens (tertiary/aromatic N) is 2. The first-order chi connectivity index (χ1) is 7.08. The Morgan fingerprint density at radius 2 is 2.12 bits per heavy atom. The zero-order chi connectivity index (χ0) is 11.0. The predicted octanol–water partition coefficient (Wildman–Crippen LogP) is 2.00. The molecule has 0 amide bonds. The number of halogens is 1. The maximum atomic E-state index is 10.7. The van der Waals surface area contributed by atoms with Crippen LogP contribution in [0.15, 0.2) is 18.3 Å². The van der Waals surface area contributed by atoms with Crippen molar-refractivity contribution in [3.05, 3.63) is 35.3 Å². The monoisotopic (exact) mass is 240 g/mol. The molecule has 0 unspecified atom stereocenters. The predicted molar refractivity (Wildman–Crippen MR) is 63.3 cm³/mol. The smallest absolute Gasteiger partial charge is 0.309 e. The van der Waals surface area contributed by atoms with E-state index < -0.39 is 5.97 Å². The normalized spacial score (nSPS) is 10.1. The molecular weight excluding hydrogens is 228 g/mol. The van der Waals surface area contributed by atoms with Crippen molar-refractivity contribution in [2.24, 2.45) is 0 Å². The number of imidazole rings is 1. The van der Waals surface area contributed by atoms with Gasteiger partial charge in [-0.05, 0) is 25.5 Å². The number of aromatic nitrogens is 2. The van der Waals surface area contributed by atoms with Gasteiger partial charge in [-0.1, -0.05) is 6.07 Å². The molecule has 2 aromatic rings. The Bertz CT molecular complexity index is 534. The zero-order valence-corrected chi connectivity index (χ0v) is 9.91. The number of carbonyl (C=O) groups is 1. The Morgan fingerprint density at radius 3 is 2.75 bits per heavy atom. The maximum Gasteiger partial charge on any atom is 0.309 e. The summed E-state index contributed by atoms with van der Waals surface area (Å²) >= 11 is 0. The van der Waals surface area contributed by atoms with Crippen LogP contribution in [0, 0.1) is 13.8 Å². The zero-order valence-electron chi connectivity index (χ0n) is 9.10. The molecule has 0 aliphatic heterocycles. The minimum atomic E-state index is -0.832. The molecule has 0 fully saturated rings. The van der Waals surface area contributed by atoms with Crippen molar-refractivity contribution in [1.82, 2.24) is 9.38 Å². The Kier molecular flexibility index (Phi) is 3.55. The molecule has 0 atom stereocenters. The lowest BCUT2D eigenvalue weighted by Gasteiger charge is -2.00. The second kappa shape index (κ2) is 4.53. The van der Waals surface area contributed by atoms with Crippen molar-refractivity contribution in [3.8, 4) is 0 Å². The number of rotatable bonds is 2. The lowest BCUT2D eigenvalue weighted by atomic mass is 10.2. The molecule has 16 heavy (non-hydrogen) atoms. The van der Waals surface area contributed by atoms with Gasteiger partial charge in [-0.25, -0.2) is 4.98 Å². The van der Waals surface area contributed by atoms with Gasteiger partial charge in [0.15, 0.2) is 0 Å². The van der Waals surface area contributed by atoms with Gasteiger partial charge in [0.05, 0.1) is 17.8 Å². The molecule has 0 bridgehead atoms. The summed E-state index contributed by atoms with van der Waals surface area (Å²) in [5.74, 6) is -0.832. The highest BCUT2D eigenvalue weighted by atomic mass is 35.5. The van der Waals surface area contributed by atoms with Gasteiger partial charge in [0, 0.05) is 6.20 Å². The van der Waals surface area contributed by atoms with Crippen molar-refractivity contribution < 1.29 is 9.90 Å². The van der Waals surface area contributed by atoms with E-state index in [4.69, 9.17) is 5.11 Å². The SMILES string of the molecule is Cc1ccc2nc(C)c(CC(=O)O)n2c1.Cl. The molecule has 0 radical (unpaired) electrons. The second-order valence-corrected chi connectivity index (χ2v) is 3.65. The molecule has 86 valence electrons. The van der Waals surface area contributed by atoms with Crippen LogP contribution in [0.25, 0.3) is 5.65 Å². The third-order valence-electron chi connectivity index (χ3n) is 2.38. The Labute approximate surface area is 99.3 Å². The molecule has 0 aliphatic rings. The summed E-state index contributed by atoms with van der Waals surface area (Å²) in [5.41, 5.74) is 3.42. The van der Waals surface area contributed by atoms with Crippen LogP contribution < -0.4 is 0 Å². The van der Waals surface area contributed by atoms with Crippen molar-refractivity contribution in [2.75, 3.05) is 0 Å². The molecule has 0 saturated heterocycles. The highest BCUT2D eigenvalue weighted by molar-refractivity contribution is 5.85. The number of hydrogen-bond acceptors (Lipinski definition) is 2. The van der Waals surface area contributed by atoms with E-state index >= 15 is 0 Å². The highest BCUT2D eigenvalue weighted by Crippen LogP contribution is 2.13. The van der Waals surface area contributed by atoms with E-state index in [1.807, 2.05) is 36.6 Å². The van der Waals surface area contributed by atoms with Gasteiger partial charge in [-0.15, -0.1) is 12.4 Å². The van der Waals surface area contributed by atoms with Gasteiger partial charge in [-0.2, -0.15) is 0 Å². The van der Waals surface area contributed by atoms with Crippen LogP contribution in [-0.2, 0) is 11.2 Å². The molecule has 2 aromatic heterocycles. The van der Waals surface area contributed by atoms with Crippen LogP contribution in [0.1, 0.15) is 17.0 Å². The van der Waals surface area contributed by atoms with Crippen molar-refractivity contribution in [2.45, 2.75) is 20.3 Å². The fourth-order valence-electron chi connectivity index (χ4n) is 1.67. The van der Waals surface area contributed by atoms with Crippen LogP contribution in [0.4, 0.5) is 0 Å². The molecule has 0 aromatic carbocycles. The number of carboxylic acid groups (broad SMARTS) is 1. The first kappa shape index (κ1) is 12.5. The number of carboxylic acids is 1. The fraction of sp³-hybridized carbons (Fsp3) is 0.273. The fourth-order valence-corrected chi connectivity index (χ4v) is 1.67. The molecule has 1 N–H and O–H groups in total. The number of fused-ring (bicyclic) bond motifs is 1. The van der Waals surface area contributed by atoms with Gasteiger partial charge in [0.2, 0.25) is 0 Å². The average Bonchev–Trinajstić information content (AvgIpc) is 2.43. The molecule has 0 spiro atoms. The van der Waals surface area contributed by atoms with E-state index in [0.717, 1.165) is 22.6 Å². The first-order valence-electron chi connectivity index (χ1n) is 4.74. The molecule has 0 aliphatic carbocycles. The minimum absolute atomic E-state index is 0. The summed E-state index contributed by atoms with van der Waals surface area (Å²) in [7, 11) is 0. The maximum absolute atomic E-state index is 10.7. The second-order valence-electron chi connectivity index (χ2n) is 3.65. The summed E-state index contributed by atoms with van der Waals surface area (Å²) in [6.07, 6.45) is 1.92. The van der Waals surface area contributed by atoms with Crippen LogP contribution in [0.5, 0.6) is 0 Å². The van der Waals surface area contributed by atoms with E-state index in [2.05, 4.69) is 4.98 Å². The standard InChI is InChI=1S/C11H12N2O2.ClH/c1-7-3-4-10-12-8(2)9(5-11(14)15)13(10)6-7;/h3-4,6H,5H2,1-2H3,(H,14,15);1H. The van der Waals surface area contributed by atoms with E-state index in [9.17, 15) is 4.79 Å². The highest BCUT2D eigenvalue weighted by Gasteiger charge is 2.11. The summed E-state index contributed by atoms with van der Waals surface area (Å²) < 4.78 is 1.85. The van der Waals surface area contributed by atoms with Gasteiger partial charge < -0.3 is 9.51 Å². The Hall–Kier alpha value is -1.55. The lowest BCUT2D eigenvalue weighted by molar-refractivity contribution is -0.136. The van der Waals surface area contributed by atoms with E-state index in [1.54, 1.807) is 0 Å². The minimum Gasteiger partial charge on any atom is -0.481 e. The Morgan fingerprint density at radius 1 is 1.44 bits per heavy atom. The van der Waals surface area contributed by atoms with Crippen LogP contribution in [0.3, 0.4) is 0 Å². The summed E-state index contributed by atoms with van der Waals surface area (Å²) in [6.45, 7) is 3.81. The van der Waals surface area contributed by atoms with Crippen molar-refractivity contribution in [3.63, 3.8) is 0 Å². The van der Waals surface area contributed by atoms with Crippen LogP contribution >= 0.6 is 12.4 Å². The van der Waals surface area contributed by atoms with Crippen molar-refractivity contribution >= 4 is 24.0 Å². The van der Waals surface area contributed by atoms with Gasteiger partial charge in [0.1, 0.15) is 5.65 Å². The van der Waals surface area contributed by atoms with Gasteiger partial charge in [0.25, 0.3) is 0 Å².